The summed E-state index contributed by atoms with van der Waals surface area (Å²) in [6, 6.07) is 0. The van der Waals surface area contributed by atoms with Crippen LogP contribution in [-0.2, 0) is 0 Å². The molecular weight excluding hydrogens is 186 g/mol. The predicted molar refractivity (Wildman–Crippen MR) is 65.9 cm³/mol. The van der Waals surface area contributed by atoms with Crippen molar-refractivity contribution in [2.24, 2.45) is 22.6 Å². The Balaban J connectivity index is 2.31. The average molecular weight is 211 g/mol. The molecule has 1 fully saturated rings. The van der Waals surface area contributed by atoms with Gasteiger partial charge >= 0.3 is 0 Å². The molecular formula is C12H25N3. The Morgan fingerprint density at radius 1 is 1.40 bits per heavy atom. The molecule has 0 aromatic heterocycles. The van der Waals surface area contributed by atoms with Crippen LogP contribution in [0, 0.1) is 11.8 Å². The molecule has 15 heavy (non-hydrogen) atoms. The SMILES string of the molecule is CC1CCC(CN=C(N)NC(C)(C)C)C1. The van der Waals surface area contributed by atoms with E-state index in [1.807, 2.05) is 0 Å². The van der Waals surface area contributed by atoms with Crippen molar-refractivity contribution in [1.29, 1.82) is 0 Å². The van der Waals surface area contributed by atoms with Gasteiger partial charge in [-0.2, -0.15) is 0 Å². The maximum atomic E-state index is 5.81. The van der Waals surface area contributed by atoms with Crippen molar-refractivity contribution in [1.82, 2.24) is 5.32 Å². The zero-order chi connectivity index (χ0) is 11.5. The molecule has 1 rings (SSSR count). The Kier molecular flexibility index (Phi) is 4.00. The second kappa shape index (κ2) is 4.86. The molecule has 3 N–H and O–H groups in total. The van der Waals surface area contributed by atoms with Crippen LogP contribution in [0.25, 0.3) is 0 Å². The van der Waals surface area contributed by atoms with Gasteiger partial charge in [0.1, 0.15) is 0 Å². The van der Waals surface area contributed by atoms with Crippen LogP contribution in [0.4, 0.5) is 0 Å². The van der Waals surface area contributed by atoms with E-state index in [0.29, 0.717) is 5.96 Å². The monoisotopic (exact) mass is 211 g/mol. The van der Waals surface area contributed by atoms with Gasteiger partial charge in [0.05, 0.1) is 0 Å². The summed E-state index contributed by atoms with van der Waals surface area (Å²) in [7, 11) is 0. The standard InChI is InChI=1S/C12H25N3/c1-9-5-6-10(7-9)8-14-11(13)15-12(2,3)4/h9-10H,5-8H2,1-4H3,(H3,13,14,15). The molecule has 0 aromatic rings. The molecule has 0 saturated heterocycles. The molecule has 0 amide bonds. The molecule has 3 nitrogen and oxygen atoms in total. The summed E-state index contributed by atoms with van der Waals surface area (Å²) in [4.78, 5) is 4.41. The fourth-order valence-corrected chi connectivity index (χ4v) is 2.14. The summed E-state index contributed by atoms with van der Waals surface area (Å²) in [5.41, 5.74) is 5.82. The fourth-order valence-electron chi connectivity index (χ4n) is 2.14. The van der Waals surface area contributed by atoms with Crippen LogP contribution in [0.5, 0.6) is 0 Å². The van der Waals surface area contributed by atoms with Crippen molar-refractivity contribution >= 4 is 5.96 Å². The molecule has 0 spiro atoms. The minimum atomic E-state index is 0.0105. The first-order valence-electron chi connectivity index (χ1n) is 5.95. The van der Waals surface area contributed by atoms with Crippen molar-refractivity contribution in [2.45, 2.75) is 52.5 Å². The van der Waals surface area contributed by atoms with Gasteiger partial charge in [0.15, 0.2) is 5.96 Å². The first-order valence-corrected chi connectivity index (χ1v) is 5.95. The number of nitrogens with zero attached hydrogens (tertiary/aromatic N) is 1. The summed E-state index contributed by atoms with van der Waals surface area (Å²) in [5, 5.41) is 3.18. The van der Waals surface area contributed by atoms with Crippen LogP contribution < -0.4 is 11.1 Å². The highest BCUT2D eigenvalue weighted by molar-refractivity contribution is 5.78. The Hall–Kier alpha value is -0.730. The molecule has 2 unspecified atom stereocenters. The number of hydrogen-bond acceptors (Lipinski definition) is 1. The maximum absolute atomic E-state index is 5.81. The maximum Gasteiger partial charge on any atom is 0.188 e. The van der Waals surface area contributed by atoms with Gasteiger partial charge in [-0.3, -0.25) is 4.99 Å². The number of nitrogens with one attached hydrogen (secondary N) is 1. The highest BCUT2D eigenvalue weighted by atomic mass is 15.1. The quantitative estimate of drug-likeness (QED) is 0.543. The minimum absolute atomic E-state index is 0.0105. The van der Waals surface area contributed by atoms with E-state index < -0.39 is 0 Å². The van der Waals surface area contributed by atoms with Gasteiger partial charge < -0.3 is 11.1 Å². The Labute approximate surface area is 93.5 Å². The molecule has 0 heterocycles. The summed E-state index contributed by atoms with van der Waals surface area (Å²) < 4.78 is 0. The first kappa shape index (κ1) is 12.3. The Morgan fingerprint density at radius 3 is 2.53 bits per heavy atom. The lowest BCUT2D eigenvalue weighted by atomic mass is 10.1. The Bertz CT molecular complexity index is 228. The van der Waals surface area contributed by atoms with E-state index in [1.165, 1.54) is 19.3 Å². The summed E-state index contributed by atoms with van der Waals surface area (Å²) >= 11 is 0. The Morgan fingerprint density at radius 2 is 2.07 bits per heavy atom. The second-order valence-electron chi connectivity index (χ2n) is 5.89. The molecule has 2 atom stereocenters. The van der Waals surface area contributed by atoms with Gasteiger partial charge in [0.25, 0.3) is 0 Å². The number of nitrogens with two attached hydrogens (primary N) is 1. The highest BCUT2D eigenvalue weighted by Gasteiger charge is 2.20. The van der Waals surface area contributed by atoms with E-state index in [0.717, 1.165) is 18.4 Å². The number of guanidine groups is 1. The lowest BCUT2D eigenvalue weighted by Crippen LogP contribution is -2.45. The fraction of sp³-hybridized carbons (Fsp3) is 0.917. The zero-order valence-corrected chi connectivity index (χ0v) is 10.5. The number of hydrogen-bond donors (Lipinski definition) is 2. The van der Waals surface area contributed by atoms with Crippen LogP contribution >= 0.6 is 0 Å². The molecule has 88 valence electrons. The van der Waals surface area contributed by atoms with E-state index in [-0.39, 0.29) is 5.54 Å². The van der Waals surface area contributed by atoms with Gasteiger partial charge in [-0.25, -0.2) is 0 Å². The molecule has 1 aliphatic carbocycles. The largest absolute Gasteiger partial charge is 0.370 e. The van der Waals surface area contributed by atoms with E-state index >= 15 is 0 Å². The molecule has 0 aliphatic heterocycles. The third kappa shape index (κ3) is 5.05. The zero-order valence-electron chi connectivity index (χ0n) is 10.5. The smallest absolute Gasteiger partial charge is 0.188 e. The highest BCUT2D eigenvalue weighted by Crippen LogP contribution is 2.30. The lowest BCUT2D eigenvalue weighted by molar-refractivity contribution is 0.499. The first-order chi connectivity index (χ1) is 6.87. The van der Waals surface area contributed by atoms with E-state index in [2.05, 4.69) is 38.0 Å². The number of rotatable bonds is 2. The van der Waals surface area contributed by atoms with Crippen molar-refractivity contribution in [2.75, 3.05) is 6.54 Å². The van der Waals surface area contributed by atoms with E-state index in [9.17, 15) is 0 Å². The molecule has 0 radical (unpaired) electrons. The van der Waals surface area contributed by atoms with Crippen molar-refractivity contribution in [3.63, 3.8) is 0 Å². The topological polar surface area (TPSA) is 50.4 Å². The second-order valence-corrected chi connectivity index (χ2v) is 5.89. The van der Waals surface area contributed by atoms with Gasteiger partial charge in [-0.1, -0.05) is 13.3 Å². The normalized spacial score (nSPS) is 28.1. The lowest BCUT2D eigenvalue weighted by Gasteiger charge is -2.21. The summed E-state index contributed by atoms with van der Waals surface area (Å²) in [6.07, 6.45) is 3.98. The van der Waals surface area contributed by atoms with Gasteiger partial charge in [-0.05, 0) is 45.4 Å². The number of aliphatic imine (C=N–C) groups is 1. The predicted octanol–water partition coefficient (Wildman–Crippen LogP) is 2.13. The molecule has 1 aliphatic rings. The average Bonchev–Trinajstić information content (AvgIpc) is 2.45. The van der Waals surface area contributed by atoms with Gasteiger partial charge in [0, 0.05) is 12.1 Å². The molecule has 0 bridgehead atoms. The van der Waals surface area contributed by atoms with Crippen LogP contribution in [0.3, 0.4) is 0 Å². The van der Waals surface area contributed by atoms with Crippen LogP contribution in [-0.4, -0.2) is 18.0 Å². The van der Waals surface area contributed by atoms with Crippen molar-refractivity contribution in [3.05, 3.63) is 0 Å². The molecule has 0 aromatic carbocycles. The van der Waals surface area contributed by atoms with Crippen LogP contribution in [0.2, 0.25) is 0 Å². The third-order valence-corrected chi connectivity index (χ3v) is 2.83. The summed E-state index contributed by atoms with van der Waals surface area (Å²) in [6.45, 7) is 9.48. The third-order valence-electron chi connectivity index (χ3n) is 2.83. The summed E-state index contributed by atoms with van der Waals surface area (Å²) in [5.74, 6) is 2.21. The van der Waals surface area contributed by atoms with Crippen LogP contribution in [0.1, 0.15) is 47.0 Å². The van der Waals surface area contributed by atoms with Gasteiger partial charge in [0.2, 0.25) is 0 Å². The molecule has 3 heteroatoms. The van der Waals surface area contributed by atoms with Crippen molar-refractivity contribution in [3.8, 4) is 0 Å². The van der Waals surface area contributed by atoms with Gasteiger partial charge in [-0.15, -0.1) is 0 Å². The van der Waals surface area contributed by atoms with E-state index in [1.54, 1.807) is 0 Å². The van der Waals surface area contributed by atoms with Crippen LogP contribution in [0.15, 0.2) is 4.99 Å². The van der Waals surface area contributed by atoms with E-state index in [4.69, 9.17) is 5.73 Å². The van der Waals surface area contributed by atoms with Crippen molar-refractivity contribution < 1.29 is 0 Å². The molecule has 1 saturated carbocycles. The minimum Gasteiger partial charge on any atom is -0.370 e.